The molecule has 0 aliphatic carbocycles. The van der Waals surface area contributed by atoms with E-state index in [0.717, 1.165) is 10.6 Å². The molecule has 1 amide bonds. The number of rotatable bonds is 5. The van der Waals surface area contributed by atoms with Crippen molar-refractivity contribution in [1.82, 2.24) is 9.97 Å². The molecule has 0 radical (unpaired) electrons. The summed E-state index contributed by atoms with van der Waals surface area (Å²) in [5, 5.41) is 6.10. The van der Waals surface area contributed by atoms with Crippen LogP contribution in [-0.2, 0) is 6.54 Å². The summed E-state index contributed by atoms with van der Waals surface area (Å²) in [4.78, 5) is 21.2. The average Bonchev–Trinajstić information content (AvgIpc) is 3.00. The Morgan fingerprint density at radius 2 is 2.00 bits per heavy atom. The van der Waals surface area contributed by atoms with E-state index in [1.807, 2.05) is 24.3 Å². The van der Waals surface area contributed by atoms with Crippen LogP contribution in [-0.4, -0.2) is 15.9 Å². The number of anilines is 2. The second-order valence-corrected chi connectivity index (χ2v) is 6.38. The summed E-state index contributed by atoms with van der Waals surface area (Å²) in [6.45, 7) is 0.627. The number of carbonyl (C=O) groups is 1. The molecule has 0 saturated carbocycles. The number of nitrogens with zero attached hydrogens (tertiary/aromatic N) is 2. The largest absolute Gasteiger partial charge is 0.380 e. The summed E-state index contributed by atoms with van der Waals surface area (Å²) >= 11 is 7.24. The van der Waals surface area contributed by atoms with Gasteiger partial charge in [-0.3, -0.25) is 9.78 Å². The van der Waals surface area contributed by atoms with Gasteiger partial charge in [-0.1, -0.05) is 23.7 Å². The summed E-state index contributed by atoms with van der Waals surface area (Å²) in [6.07, 6.45) is 3.33. The van der Waals surface area contributed by atoms with Crippen LogP contribution >= 0.6 is 22.9 Å². The average molecular weight is 345 g/mol. The Morgan fingerprint density at radius 3 is 2.74 bits per heavy atom. The fourth-order valence-electron chi connectivity index (χ4n) is 1.95. The molecule has 2 aromatic heterocycles. The minimum absolute atomic E-state index is 0.239. The van der Waals surface area contributed by atoms with Crippen LogP contribution in [0, 0.1) is 0 Å². The van der Waals surface area contributed by atoms with E-state index in [9.17, 15) is 4.79 Å². The number of pyridine rings is 1. The van der Waals surface area contributed by atoms with Crippen molar-refractivity contribution in [1.29, 1.82) is 0 Å². The van der Waals surface area contributed by atoms with Crippen LogP contribution in [0.2, 0.25) is 4.47 Å². The first-order valence-electron chi connectivity index (χ1n) is 6.87. The molecular formula is C16H13ClN4OS. The molecule has 0 aliphatic rings. The molecule has 0 spiro atoms. The molecule has 3 aromatic rings. The van der Waals surface area contributed by atoms with Crippen molar-refractivity contribution < 1.29 is 4.79 Å². The molecule has 0 unspecified atom stereocenters. The second kappa shape index (κ2) is 7.21. The zero-order valence-electron chi connectivity index (χ0n) is 12.0. The van der Waals surface area contributed by atoms with Crippen LogP contribution < -0.4 is 10.6 Å². The lowest BCUT2D eigenvalue weighted by Crippen LogP contribution is -2.13. The Morgan fingerprint density at radius 1 is 1.13 bits per heavy atom. The summed E-state index contributed by atoms with van der Waals surface area (Å²) in [7, 11) is 0. The Balaban J connectivity index is 1.64. The zero-order valence-corrected chi connectivity index (χ0v) is 13.6. The maximum atomic E-state index is 12.1. The van der Waals surface area contributed by atoms with Crippen molar-refractivity contribution in [2.45, 2.75) is 6.54 Å². The first-order chi connectivity index (χ1) is 11.2. The molecule has 7 heteroatoms. The molecule has 0 aliphatic heterocycles. The normalized spacial score (nSPS) is 10.3. The highest BCUT2D eigenvalue weighted by Gasteiger charge is 2.07. The van der Waals surface area contributed by atoms with Gasteiger partial charge in [-0.15, -0.1) is 11.3 Å². The van der Waals surface area contributed by atoms with Crippen molar-refractivity contribution in [2.75, 3.05) is 10.6 Å². The van der Waals surface area contributed by atoms with Crippen molar-refractivity contribution in [2.24, 2.45) is 0 Å². The van der Waals surface area contributed by atoms with Gasteiger partial charge in [0, 0.05) is 28.6 Å². The van der Waals surface area contributed by atoms with Gasteiger partial charge in [-0.25, -0.2) is 4.98 Å². The third kappa shape index (κ3) is 4.28. The third-order valence-corrected chi connectivity index (χ3v) is 4.12. The van der Waals surface area contributed by atoms with Gasteiger partial charge in [0.25, 0.3) is 5.91 Å². The van der Waals surface area contributed by atoms with Crippen LogP contribution in [0.3, 0.4) is 0 Å². The van der Waals surface area contributed by atoms with Gasteiger partial charge in [0.1, 0.15) is 5.69 Å². The number of aromatic nitrogens is 2. The van der Waals surface area contributed by atoms with Crippen molar-refractivity contribution in [3.8, 4) is 0 Å². The molecule has 2 N–H and O–H groups in total. The van der Waals surface area contributed by atoms with Crippen LogP contribution in [0.1, 0.15) is 15.4 Å². The molecule has 23 heavy (non-hydrogen) atoms. The second-order valence-electron chi connectivity index (χ2n) is 4.68. The molecule has 0 fully saturated rings. The van der Waals surface area contributed by atoms with Gasteiger partial charge in [-0.05, 0) is 30.3 Å². The van der Waals surface area contributed by atoms with Crippen molar-refractivity contribution >= 4 is 40.2 Å². The van der Waals surface area contributed by atoms with E-state index in [1.165, 1.54) is 11.3 Å². The molecule has 0 bridgehead atoms. The maximum absolute atomic E-state index is 12.1. The standard InChI is InChI=1S/C16H13ClN4OS/c17-16-20-10-13(23-16)9-19-11-4-3-5-12(8-11)21-15(22)14-6-1-2-7-18-14/h1-8,10,19H,9H2,(H,21,22). The van der Waals surface area contributed by atoms with E-state index < -0.39 is 0 Å². The number of nitrogens with one attached hydrogen (secondary N) is 2. The quantitative estimate of drug-likeness (QED) is 0.732. The third-order valence-electron chi connectivity index (χ3n) is 3.01. The lowest BCUT2D eigenvalue weighted by Gasteiger charge is -2.08. The van der Waals surface area contributed by atoms with E-state index >= 15 is 0 Å². The minimum atomic E-state index is -0.239. The molecule has 2 heterocycles. The molecule has 0 atom stereocenters. The molecule has 116 valence electrons. The molecule has 0 saturated heterocycles. The van der Waals surface area contributed by atoms with Crippen LogP contribution in [0.4, 0.5) is 11.4 Å². The molecule has 1 aromatic carbocycles. The van der Waals surface area contributed by atoms with E-state index in [1.54, 1.807) is 30.6 Å². The topological polar surface area (TPSA) is 66.9 Å². The fourth-order valence-corrected chi connectivity index (χ4v) is 2.87. The van der Waals surface area contributed by atoms with E-state index in [0.29, 0.717) is 22.4 Å². The van der Waals surface area contributed by atoms with Gasteiger partial charge in [0.05, 0.1) is 6.54 Å². The highest BCUT2D eigenvalue weighted by molar-refractivity contribution is 7.15. The number of hydrogen-bond acceptors (Lipinski definition) is 5. The maximum Gasteiger partial charge on any atom is 0.274 e. The number of benzene rings is 1. The zero-order chi connectivity index (χ0) is 16.1. The van der Waals surface area contributed by atoms with Crippen molar-refractivity contribution in [3.05, 3.63) is 69.9 Å². The number of hydrogen-bond donors (Lipinski definition) is 2. The van der Waals surface area contributed by atoms with Gasteiger partial charge in [0.2, 0.25) is 0 Å². The fraction of sp³-hybridized carbons (Fsp3) is 0.0625. The summed E-state index contributed by atoms with van der Waals surface area (Å²) < 4.78 is 0.526. The number of amides is 1. The van der Waals surface area contributed by atoms with Gasteiger partial charge in [-0.2, -0.15) is 0 Å². The Labute approximate surface area is 142 Å². The summed E-state index contributed by atoms with van der Waals surface area (Å²) in [6, 6.07) is 12.7. The van der Waals surface area contributed by atoms with E-state index in [4.69, 9.17) is 11.6 Å². The highest BCUT2D eigenvalue weighted by atomic mass is 35.5. The van der Waals surface area contributed by atoms with Gasteiger partial charge < -0.3 is 10.6 Å². The number of halogens is 1. The lowest BCUT2D eigenvalue weighted by molar-refractivity contribution is 0.102. The lowest BCUT2D eigenvalue weighted by atomic mass is 10.2. The summed E-state index contributed by atoms with van der Waals surface area (Å²) in [5.41, 5.74) is 1.98. The van der Waals surface area contributed by atoms with Crippen molar-refractivity contribution in [3.63, 3.8) is 0 Å². The Bertz CT molecular complexity index is 807. The summed E-state index contributed by atoms with van der Waals surface area (Å²) in [5.74, 6) is -0.239. The van der Waals surface area contributed by atoms with Gasteiger partial charge >= 0.3 is 0 Å². The Hall–Kier alpha value is -2.44. The molecular weight excluding hydrogens is 332 g/mol. The smallest absolute Gasteiger partial charge is 0.274 e. The number of thiazole rings is 1. The predicted octanol–water partition coefficient (Wildman–Crippen LogP) is 4.06. The number of carbonyl (C=O) groups excluding carboxylic acids is 1. The SMILES string of the molecule is O=C(Nc1cccc(NCc2cnc(Cl)s2)c1)c1ccccn1. The van der Waals surface area contributed by atoms with E-state index in [2.05, 4.69) is 20.6 Å². The van der Waals surface area contributed by atoms with Crippen LogP contribution in [0.15, 0.2) is 54.9 Å². The first kappa shape index (κ1) is 15.5. The van der Waals surface area contributed by atoms with Crippen LogP contribution in [0.25, 0.3) is 0 Å². The molecule has 3 rings (SSSR count). The monoisotopic (exact) mass is 344 g/mol. The predicted molar refractivity (Wildman–Crippen MR) is 93.1 cm³/mol. The minimum Gasteiger partial charge on any atom is -0.380 e. The first-order valence-corrected chi connectivity index (χ1v) is 8.07. The van der Waals surface area contributed by atoms with Gasteiger partial charge in [0.15, 0.2) is 4.47 Å². The highest BCUT2D eigenvalue weighted by Crippen LogP contribution is 2.20. The van der Waals surface area contributed by atoms with Crippen LogP contribution in [0.5, 0.6) is 0 Å². The molecule has 5 nitrogen and oxygen atoms in total. The van der Waals surface area contributed by atoms with E-state index in [-0.39, 0.29) is 5.91 Å². The Kier molecular flexibility index (Phi) is 4.85.